The van der Waals surface area contributed by atoms with Crippen LogP contribution in [0.3, 0.4) is 0 Å². The van der Waals surface area contributed by atoms with Crippen molar-refractivity contribution in [2.75, 3.05) is 6.61 Å². The van der Waals surface area contributed by atoms with E-state index in [2.05, 4.69) is 25.3 Å². The number of carbonyl (C=O) groups excluding carboxylic acids is 1. The lowest BCUT2D eigenvalue weighted by Gasteiger charge is -2.26. The van der Waals surface area contributed by atoms with Gasteiger partial charge >= 0.3 is 11.9 Å². The summed E-state index contributed by atoms with van der Waals surface area (Å²) in [5.41, 5.74) is -2.02. The monoisotopic (exact) mass is 495 g/mol. The van der Waals surface area contributed by atoms with E-state index in [-0.39, 0.29) is 23.2 Å². The second-order valence-electron chi connectivity index (χ2n) is 7.76. The molecule has 12 heteroatoms. The van der Waals surface area contributed by atoms with E-state index in [1.807, 2.05) is 6.92 Å². The number of aromatic amines is 1. The molecule has 0 bridgehead atoms. The van der Waals surface area contributed by atoms with Crippen LogP contribution in [0.25, 0.3) is 22.8 Å². The Bertz CT molecular complexity index is 1240. The minimum absolute atomic E-state index is 0.0935. The molecule has 0 aliphatic heterocycles. The SMILES string of the molecule is CCOc1ccc(-c2nc(-c3cc(CNC(=O)C(C)(C)C(F)(F)F)ccc3Cl)[nH]c(=O)n2)cn1. The molecular formula is C22H21ClF3N5O3. The van der Waals surface area contributed by atoms with Gasteiger partial charge in [0.1, 0.15) is 11.2 Å². The van der Waals surface area contributed by atoms with Crippen molar-refractivity contribution < 1.29 is 22.7 Å². The number of aromatic nitrogens is 4. The summed E-state index contributed by atoms with van der Waals surface area (Å²) in [6, 6.07) is 7.81. The first-order valence-electron chi connectivity index (χ1n) is 10.1. The number of hydrogen-bond acceptors (Lipinski definition) is 6. The molecule has 180 valence electrons. The van der Waals surface area contributed by atoms with E-state index in [1.165, 1.54) is 18.3 Å². The molecule has 3 aromatic rings. The standard InChI is InChI=1S/C22H21ClF3N5O3/c1-4-34-16-8-6-13(11-27-16)17-29-18(31-20(33)30-17)14-9-12(5-7-15(14)23)10-28-19(32)21(2,3)22(24,25)26/h5-9,11H,4,10H2,1-3H3,(H,28,32)(H,29,30,31,33). The largest absolute Gasteiger partial charge is 0.478 e. The minimum Gasteiger partial charge on any atom is -0.478 e. The van der Waals surface area contributed by atoms with E-state index in [0.29, 0.717) is 29.2 Å². The summed E-state index contributed by atoms with van der Waals surface area (Å²) in [4.78, 5) is 39.1. The van der Waals surface area contributed by atoms with Gasteiger partial charge in [0, 0.05) is 29.9 Å². The van der Waals surface area contributed by atoms with Crippen molar-refractivity contribution in [3.63, 3.8) is 0 Å². The Labute approximate surface area is 197 Å². The fourth-order valence-electron chi connectivity index (χ4n) is 2.78. The number of nitrogens with zero attached hydrogens (tertiary/aromatic N) is 3. The molecule has 1 aromatic carbocycles. The zero-order valence-electron chi connectivity index (χ0n) is 18.5. The molecular weight excluding hydrogens is 475 g/mol. The normalized spacial score (nSPS) is 11.9. The second kappa shape index (κ2) is 9.80. The predicted octanol–water partition coefficient (Wildman–Crippen LogP) is 4.15. The molecule has 0 spiro atoms. The highest BCUT2D eigenvalue weighted by Crippen LogP contribution is 2.37. The van der Waals surface area contributed by atoms with Crippen LogP contribution in [0.4, 0.5) is 13.2 Å². The molecule has 3 rings (SSSR count). The summed E-state index contributed by atoms with van der Waals surface area (Å²) in [5.74, 6) is -0.575. The molecule has 0 fully saturated rings. The molecule has 1 amide bonds. The molecule has 0 atom stereocenters. The lowest BCUT2D eigenvalue weighted by Crippen LogP contribution is -2.46. The van der Waals surface area contributed by atoms with Crippen LogP contribution in [0.1, 0.15) is 26.3 Å². The Kier molecular flexibility index (Phi) is 7.25. The summed E-state index contributed by atoms with van der Waals surface area (Å²) in [5, 5.41) is 2.51. The average molecular weight is 496 g/mol. The maximum Gasteiger partial charge on any atom is 0.402 e. The van der Waals surface area contributed by atoms with Crippen molar-refractivity contribution >= 4 is 17.5 Å². The number of H-pyrrole nitrogens is 1. The number of carbonyl (C=O) groups is 1. The molecule has 0 aliphatic carbocycles. The van der Waals surface area contributed by atoms with Gasteiger partial charge in [-0.15, -0.1) is 0 Å². The average Bonchev–Trinajstić information content (AvgIpc) is 2.77. The summed E-state index contributed by atoms with van der Waals surface area (Å²) >= 11 is 6.28. The predicted molar refractivity (Wildman–Crippen MR) is 119 cm³/mol. The Morgan fingerprint density at radius 3 is 2.53 bits per heavy atom. The van der Waals surface area contributed by atoms with Crippen molar-refractivity contribution in [2.45, 2.75) is 33.5 Å². The van der Waals surface area contributed by atoms with Gasteiger partial charge in [-0.2, -0.15) is 18.2 Å². The van der Waals surface area contributed by atoms with Gasteiger partial charge in [0.25, 0.3) is 0 Å². The van der Waals surface area contributed by atoms with E-state index >= 15 is 0 Å². The first-order valence-corrected chi connectivity index (χ1v) is 10.5. The van der Waals surface area contributed by atoms with Gasteiger partial charge < -0.3 is 10.1 Å². The van der Waals surface area contributed by atoms with Crippen molar-refractivity contribution in [2.24, 2.45) is 5.41 Å². The van der Waals surface area contributed by atoms with Crippen LogP contribution < -0.4 is 15.7 Å². The number of amides is 1. The Morgan fingerprint density at radius 2 is 1.91 bits per heavy atom. The van der Waals surface area contributed by atoms with E-state index < -0.39 is 23.2 Å². The first-order chi connectivity index (χ1) is 15.9. The Hall–Kier alpha value is -3.47. The van der Waals surface area contributed by atoms with E-state index in [1.54, 1.807) is 18.2 Å². The van der Waals surface area contributed by atoms with Crippen LogP contribution in [-0.4, -0.2) is 38.6 Å². The van der Waals surface area contributed by atoms with Crippen LogP contribution in [-0.2, 0) is 11.3 Å². The zero-order valence-corrected chi connectivity index (χ0v) is 19.2. The smallest absolute Gasteiger partial charge is 0.402 e. The van der Waals surface area contributed by atoms with E-state index in [0.717, 1.165) is 13.8 Å². The van der Waals surface area contributed by atoms with Gasteiger partial charge in [0.15, 0.2) is 5.82 Å². The van der Waals surface area contributed by atoms with E-state index in [9.17, 15) is 22.8 Å². The zero-order chi connectivity index (χ0) is 25.1. The van der Waals surface area contributed by atoms with Gasteiger partial charge in [-0.05, 0) is 44.5 Å². The molecule has 0 aliphatic rings. The van der Waals surface area contributed by atoms with Crippen molar-refractivity contribution in [3.05, 3.63) is 57.6 Å². The van der Waals surface area contributed by atoms with E-state index in [4.69, 9.17) is 16.3 Å². The number of rotatable bonds is 7. The van der Waals surface area contributed by atoms with Crippen molar-refractivity contribution in [1.29, 1.82) is 0 Å². The molecule has 8 nitrogen and oxygen atoms in total. The number of benzene rings is 1. The van der Waals surface area contributed by atoms with Crippen LogP contribution >= 0.6 is 11.6 Å². The maximum atomic E-state index is 13.1. The highest BCUT2D eigenvalue weighted by Gasteiger charge is 2.52. The molecule has 0 saturated carbocycles. The number of alkyl halides is 3. The van der Waals surface area contributed by atoms with Crippen molar-refractivity contribution in [1.82, 2.24) is 25.3 Å². The Morgan fingerprint density at radius 1 is 1.18 bits per heavy atom. The lowest BCUT2D eigenvalue weighted by molar-refractivity contribution is -0.211. The molecule has 34 heavy (non-hydrogen) atoms. The molecule has 0 unspecified atom stereocenters. The lowest BCUT2D eigenvalue weighted by atomic mass is 9.91. The summed E-state index contributed by atoms with van der Waals surface area (Å²) in [7, 11) is 0. The van der Waals surface area contributed by atoms with Gasteiger partial charge in [0.05, 0.1) is 11.6 Å². The fraction of sp³-hybridized carbons (Fsp3) is 0.318. The second-order valence-corrected chi connectivity index (χ2v) is 8.17. The third-order valence-corrected chi connectivity index (χ3v) is 5.28. The number of ether oxygens (including phenoxy) is 1. The van der Waals surface area contributed by atoms with Crippen LogP contribution in [0.5, 0.6) is 5.88 Å². The first kappa shape index (κ1) is 25.2. The highest BCUT2D eigenvalue weighted by molar-refractivity contribution is 6.33. The van der Waals surface area contributed by atoms with Crippen LogP contribution in [0.15, 0.2) is 41.3 Å². The molecule has 0 saturated heterocycles. The third-order valence-electron chi connectivity index (χ3n) is 4.95. The van der Waals surface area contributed by atoms with Gasteiger partial charge in [-0.3, -0.25) is 9.78 Å². The van der Waals surface area contributed by atoms with Gasteiger partial charge in [0.2, 0.25) is 11.8 Å². The number of halogens is 4. The summed E-state index contributed by atoms with van der Waals surface area (Å²) < 4.78 is 44.6. The van der Waals surface area contributed by atoms with Gasteiger partial charge in [-0.25, -0.2) is 14.8 Å². The fourth-order valence-corrected chi connectivity index (χ4v) is 2.99. The summed E-state index contributed by atoms with van der Waals surface area (Å²) in [6.07, 6.45) is -3.24. The quantitative estimate of drug-likeness (QED) is 0.509. The Balaban J connectivity index is 1.88. The number of pyridine rings is 1. The highest BCUT2D eigenvalue weighted by atomic mass is 35.5. The molecule has 2 N–H and O–H groups in total. The third kappa shape index (κ3) is 5.53. The topological polar surface area (TPSA) is 110 Å². The minimum atomic E-state index is -4.70. The van der Waals surface area contributed by atoms with Crippen LogP contribution in [0, 0.1) is 5.41 Å². The molecule has 2 heterocycles. The molecule has 0 radical (unpaired) electrons. The maximum absolute atomic E-state index is 13.1. The molecule has 2 aromatic heterocycles. The van der Waals surface area contributed by atoms with Gasteiger partial charge in [-0.1, -0.05) is 17.7 Å². The van der Waals surface area contributed by atoms with Crippen molar-refractivity contribution in [3.8, 4) is 28.7 Å². The summed E-state index contributed by atoms with van der Waals surface area (Å²) in [6.45, 7) is 3.69. The number of hydrogen-bond donors (Lipinski definition) is 2. The number of nitrogens with one attached hydrogen (secondary N) is 2. The van der Waals surface area contributed by atoms with Crippen LogP contribution in [0.2, 0.25) is 5.02 Å².